The van der Waals surface area contributed by atoms with E-state index in [0.29, 0.717) is 0 Å². The first-order valence-electron chi connectivity index (χ1n) is 7.06. The quantitative estimate of drug-likeness (QED) is 0.734. The molecule has 0 bridgehead atoms. The van der Waals surface area contributed by atoms with Crippen LogP contribution in [0.1, 0.15) is 18.9 Å². The van der Waals surface area contributed by atoms with Crippen molar-refractivity contribution in [1.82, 2.24) is 9.55 Å². The maximum atomic E-state index is 10.2. The SMILES string of the molecule is CCCn1c(-c2ccc(Br)cc2O)nc2cc(C)ccc21. The number of rotatable bonds is 3. The molecule has 0 aliphatic heterocycles. The largest absolute Gasteiger partial charge is 0.507 e. The number of phenolic OH excluding ortho intramolecular Hbond substituents is 1. The van der Waals surface area contributed by atoms with Crippen molar-refractivity contribution < 1.29 is 5.11 Å². The zero-order valence-electron chi connectivity index (χ0n) is 12.1. The third-order valence-corrected chi connectivity index (χ3v) is 4.04. The summed E-state index contributed by atoms with van der Waals surface area (Å²) >= 11 is 3.38. The molecule has 0 atom stereocenters. The van der Waals surface area contributed by atoms with E-state index in [1.54, 1.807) is 6.07 Å². The summed E-state index contributed by atoms with van der Waals surface area (Å²) in [4.78, 5) is 4.74. The number of hydrogen-bond donors (Lipinski definition) is 1. The minimum atomic E-state index is 0.244. The van der Waals surface area contributed by atoms with E-state index in [1.807, 2.05) is 12.1 Å². The molecule has 21 heavy (non-hydrogen) atoms. The van der Waals surface area contributed by atoms with Gasteiger partial charge in [0.15, 0.2) is 0 Å². The van der Waals surface area contributed by atoms with Crippen molar-refractivity contribution in [3.05, 3.63) is 46.4 Å². The van der Waals surface area contributed by atoms with Crippen molar-refractivity contribution in [3.8, 4) is 17.1 Å². The van der Waals surface area contributed by atoms with E-state index in [4.69, 9.17) is 4.98 Å². The molecular weight excluding hydrogens is 328 g/mol. The molecule has 2 aromatic carbocycles. The Bertz CT molecular complexity index is 808. The van der Waals surface area contributed by atoms with Gasteiger partial charge in [-0.3, -0.25) is 0 Å². The van der Waals surface area contributed by atoms with Gasteiger partial charge in [-0.25, -0.2) is 4.98 Å². The van der Waals surface area contributed by atoms with Crippen LogP contribution in [0.25, 0.3) is 22.4 Å². The second kappa shape index (κ2) is 5.53. The number of aryl methyl sites for hydroxylation is 2. The van der Waals surface area contributed by atoms with Gasteiger partial charge in [0.25, 0.3) is 0 Å². The third kappa shape index (κ3) is 2.56. The number of aromatic nitrogens is 2. The molecule has 0 aliphatic carbocycles. The van der Waals surface area contributed by atoms with Gasteiger partial charge >= 0.3 is 0 Å². The van der Waals surface area contributed by atoms with Crippen LogP contribution >= 0.6 is 15.9 Å². The van der Waals surface area contributed by atoms with E-state index in [9.17, 15) is 5.11 Å². The van der Waals surface area contributed by atoms with E-state index in [2.05, 4.69) is 52.5 Å². The Balaban J connectivity index is 2.27. The smallest absolute Gasteiger partial charge is 0.144 e. The Hall–Kier alpha value is -1.81. The van der Waals surface area contributed by atoms with Gasteiger partial charge < -0.3 is 9.67 Å². The number of hydrogen-bond acceptors (Lipinski definition) is 2. The Kier molecular flexibility index (Phi) is 3.72. The van der Waals surface area contributed by atoms with Crippen molar-refractivity contribution in [1.29, 1.82) is 0 Å². The summed E-state index contributed by atoms with van der Waals surface area (Å²) in [5.74, 6) is 1.07. The van der Waals surface area contributed by atoms with Gasteiger partial charge in [-0.15, -0.1) is 0 Å². The zero-order chi connectivity index (χ0) is 15.0. The van der Waals surface area contributed by atoms with E-state index in [0.717, 1.165) is 39.9 Å². The Morgan fingerprint density at radius 3 is 2.71 bits per heavy atom. The number of benzene rings is 2. The molecule has 1 N–H and O–H groups in total. The van der Waals surface area contributed by atoms with Gasteiger partial charge in [-0.05, 0) is 49.2 Å². The fraction of sp³-hybridized carbons (Fsp3) is 0.235. The first-order chi connectivity index (χ1) is 10.1. The molecule has 0 amide bonds. The van der Waals surface area contributed by atoms with Crippen LogP contribution in [0.3, 0.4) is 0 Å². The molecule has 0 saturated heterocycles. The lowest BCUT2D eigenvalue weighted by Crippen LogP contribution is -1.99. The lowest BCUT2D eigenvalue weighted by Gasteiger charge is -2.09. The van der Waals surface area contributed by atoms with E-state index < -0.39 is 0 Å². The molecule has 0 spiro atoms. The number of phenols is 1. The second-order valence-corrected chi connectivity index (χ2v) is 6.16. The standard InChI is InChI=1S/C17H17BrN2O/c1-3-8-20-15-7-4-11(2)9-14(15)19-17(20)13-6-5-12(18)10-16(13)21/h4-7,9-10,21H,3,8H2,1-2H3. The normalized spacial score (nSPS) is 11.2. The Labute approximate surface area is 132 Å². The summed E-state index contributed by atoms with van der Waals surface area (Å²) in [5.41, 5.74) is 4.04. The van der Waals surface area contributed by atoms with Crippen LogP contribution in [0, 0.1) is 6.92 Å². The first kappa shape index (κ1) is 14.1. The highest BCUT2D eigenvalue weighted by atomic mass is 79.9. The minimum absolute atomic E-state index is 0.244. The molecular formula is C17H17BrN2O. The number of aromatic hydroxyl groups is 1. The predicted molar refractivity (Wildman–Crippen MR) is 89.6 cm³/mol. The van der Waals surface area contributed by atoms with Crippen LogP contribution in [0.5, 0.6) is 5.75 Å². The predicted octanol–water partition coefficient (Wildman–Crippen LogP) is 4.89. The van der Waals surface area contributed by atoms with Gasteiger partial charge in [-0.1, -0.05) is 28.9 Å². The van der Waals surface area contributed by atoms with Gasteiger partial charge in [0, 0.05) is 11.0 Å². The lowest BCUT2D eigenvalue weighted by atomic mass is 10.2. The van der Waals surface area contributed by atoms with E-state index >= 15 is 0 Å². The fourth-order valence-corrected chi connectivity index (χ4v) is 2.94. The second-order valence-electron chi connectivity index (χ2n) is 5.24. The molecule has 3 rings (SSSR count). The highest BCUT2D eigenvalue weighted by Crippen LogP contribution is 2.33. The molecule has 3 aromatic rings. The molecule has 0 radical (unpaired) electrons. The highest BCUT2D eigenvalue weighted by Gasteiger charge is 2.15. The number of nitrogens with zero attached hydrogens (tertiary/aromatic N) is 2. The summed E-state index contributed by atoms with van der Waals surface area (Å²) in [6, 6.07) is 11.8. The van der Waals surface area contributed by atoms with Crippen LogP contribution in [0.4, 0.5) is 0 Å². The Morgan fingerprint density at radius 2 is 2.00 bits per heavy atom. The maximum absolute atomic E-state index is 10.2. The van der Waals surface area contributed by atoms with Crippen LogP contribution in [0.2, 0.25) is 0 Å². The molecule has 1 heterocycles. The van der Waals surface area contributed by atoms with Crippen molar-refractivity contribution >= 4 is 27.0 Å². The van der Waals surface area contributed by atoms with Gasteiger partial charge in [0.1, 0.15) is 11.6 Å². The molecule has 4 heteroatoms. The van der Waals surface area contributed by atoms with Crippen molar-refractivity contribution in [2.24, 2.45) is 0 Å². The lowest BCUT2D eigenvalue weighted by molar-refractivity contribution is 0.476. The molecule has 1 aromatic heterocycles. The highest BCUT2D eigenvalue weighted by molar-refractivity contribution is 9.10. The van der Waals surface area contributed by atoms with Crippen LogP contribution in [0.15, 0.2) is 40.9 Å². The number of halogens is 1. The van der Waals surface area contributed by atoms with Crippen LogP contribution < -0.4 is 0 Å². The number of fused-ring (bicyclic) bond motifs is 1. The topological polar surface area (TPSA) is 38.0 Å². The van der Waals surface area contributed by atoms with Gasteiger partial charge in [0.2, 0.25) is 0 Å². The van der Waals surface area contributed by atoms with Crippen molar-refractivity contribution in [2.75, 3.05) is 0 Å². The van der Waals surface area contributed by atoms with Crippen LogP contribution in [-0.4, -0.2) is 14.7 Å². The molecule has 108 valence electrons. The summed E-state index contributed by atoms with van der Waals surface area (Å²) in [6.07, 6.45) is 1.02. The molecule has 0 fully saturated rings. The maximum Gasteiger partial charge on any atom is 0.144 e. The Morgan fingerprint density at radius 1 is 1.19 bits per heavy atom. The summed E-state index contributed by atoms with van der Waals surface area (Å²) in [7, 11) is 0. The van der Waals surface area contributed by atoms with Crippen LogP contribution in [-0.2, 0) is 6.54 Å². The zero-order valence-corrected chi connectivity index (χ0v) is 13.7. The average Bonchev–Trinajstić information content (AvgIpc) is 2.77. The molecule has 0 aliphatic rings. The fourth-order valence-electron chi connectivity index (χ4n) is 2.59. The molecule has 3 nitrogen and oxygen atoms in total. The van der Waals surface area contributed by atoms with Gasteiger partial charge in [-0.2, -0.15) is 0 Å². The minimum Gasteiger partial charge on any atom is -0.507 e. The number of imidazole rings is 1. The molecule has 0 unspecified atom stereocenters. The van der Waals surface area contributed by atoms with E-state index in [1.165, 1.54) is 5.56 Å². The molecule has 0 saturated carbocycles. The van der Waals surface area contributed by atoms with Crippen molar-refractivity contribution in [2.45, 2.75) is 26.8 Å². The van der Waals surface area contributed by atoms with Gasteiger partial charge in [0.05, 0.1) is 16.6 Å². The monoisotopic (exact) mass is 344 g/mol. The average molecular weight is 345 g/mol. The first-order valence-corrected chi connectivity index (χ1v) is 7.85. The summed E-state index contributed by atoms with van der Waals surface area (Å²) in [6.45, 7) is 5.09. The van der Waals surface area contributed by atoms with Crippen molar-refractivity contribution in [3.63, 3.8) is 0 Å². The summed E-state index contributed by atoms with van der Waals surface area (Å²) < 4.78 is 3.04. The summed E-state index contributed by atoms with van der Waals surface area (Å²) in [5, 5.41) is 10.2. The van der Waals surface area contributed by atoms with E-state index in [-0.39, 0.29) is 5.75 Å². The third-order valence-electron chi connectivity index (χ3n) is 3.55.